The number of halogens is 1. The third-order valence-corrected chi connectivity index (χ3v) is 6.93. The van der Waals surface area contributed by atoms with Gasteiger partial charge >= 0.3 is 0 Å². The lowest BCUT2D eigenvalue weighted by atomic mass is 9.88. The van der Waals surface area contributed by atoms with Gasteiger partial charge in [-0.1, -0.05) is 12.8 Å². The van der Waals surface area contributed by atoms with E-state index in [4.69, 9.17) is 4.74 Å². The zero-order chi connectivity index (χ0) is 24.8. The van der Waals surface area contributed by atoms with Crippen LogP contribution < -0.4 is 15.4 Å². The van der Waals surface area contributed by atoms with Crippen LogP contribution in [0.2, 0.25) is 0 Å². The van der Waals surface area contributed by atoms with Gasteiger partial charge in [-0.2, -0.15) is 0 Å². The number of hydrogen-bond donors (Lipinski definition) is 2. The number of ether oxygens (including phenoxy) is 1. The van der Waals surface area contributed by atoms with Gasteiger partial charge in [-0.3, -0.25) is 14.4 Å². The van der Waals surface area contributed by atoms with E-state index in [1.807, 2.05) is 0 Å². The first kappa shape index (κ1) is 24.7. The standard InChI is InChI=1S/C27H32FN3O4/c1-35-22-14-10-18(11-15-22)25(32)29-23-6-2-3-7-24(23)30-26(33)20-5-4-16-31(17-20)27(34)19-8-12-21(28)13-9-19/h8-15,20,23-24H,2-7,16-17H2,1H3,(H,29,32)(H,30,33)/t20?,23-,24-/m1/s1. The number of methoxy groups -OCH3 is 1. The number of carbonyl (C=O) groups is 3. The van der Waals surface area contributed by atoms with E-state index in [9.17, 15) is 18.8 Å². The third kappa shape index (κ3) is 6.18. The summed E-state index contributed by atoms with van der Waals surface area (Å²) in [5.41, 5.74) is 0.963. The molecule has 1 unspecified atom stereocenters. The van der Waals surface area contributed by atoms with Gasteiger partial charge in [-0.25, -0.2) is 4.39 Å². The van der Waals surface area contributed by atoms with E-state index in [0.29, 0.717) is 36.4 Å². The number of amides is 3. The molecule has 2 fully saturated rings. The molecule has 1 aliphatic heterocycles. The minimum absolute atomic E-state index is 0.0859. The van der Waals surface area contributed by atoms with E-state index in [0.717, 1.165) is 32.1 Å². The van der Waals surface area contributed by atoms with Crippen molar-refractivity contribution in [3.63, 3.8) is 0 Å². The van der Waals surface area contributed by atoms with Gasteiger partial charge in [-0.15, -0.1) is 0 Å². The van der Waals surface area contributed by atoms with E-state index in [1.165, 1.54) is 24.3 Å². The zero-order valence-electron chi connectivity index (χ0n) is 20.0. The predicted octanol–water partition coefficient (Wildman–Crippen LogP) is 3.54. The van der Waals surface area contributed by atoms with Gasteiger partial charge in [0.05, 0.1) is 13.0 Å². The molecule has 0 aromatic heterocycles. The second-order valence-corrected chi connectivity index (χ2v) is 9.31. The maximum absolute atomic E-state index is 13.2. The van der Waals surface area contributed by atoms with Gasteiger partial charge in [-0.05, 0) is 74.2 Å². The van der Waals surface area contributed by atoms with Crippen LogP contribution >= 0.6 is 0 Å². The number of rotatable bonds is 6. The molecular weight excluding hydrogens is 449 g/mol. The Labute approximate surface area is 205 Å². The van der Waals surface area contributed by atoms with E-state index in [2.05, 4.69) is 10.6 Å². The SMILES string of the molecule is COc1ccc(C(=O)N[C@@H]2CCCC[C@H]2NC(=O)C2CCCN(C(=O)c3ccc(F)cc3)C2)cc1. The molecule has 0 radical (unpaired) electrons. The highest BCUT2D eigenvalue weighted by atomic mass is 19.1. The highest BCUT2D eigenvalue weighted by Crippen LogP contribution is 2.23. The lowest BCUT2D eigenvalue weighted by Gasteiger charge is -2.36. The molecule has 2 aromatic rings. The maximum Gasteiger partial charge on any atom is 0.253 e. The summed E-state index contributed by atoms with van der Waals surface area (Å²) >= 11 is 0. The Morgan fingerprint density at radius 3 is 2.14 bits per heavy atom. The first-order chi connectivity index (χ1) is 16.9. The summed E-state index contributed by atoms with van der Waals surface area (Å²) in [6, 6.07) is 12.1. The average Bonchev–Trinajstić information content (AvgIpc) is 2.90. The average molecular weight is 482 g/mol. The van der Waals surface area contributed by atoms with Crippen molar-refractivity contribution >= 4 is 17.7 Å². The molecule has 0 bridgehead atoms. The van der Waals surface area contributed by atoms with Crippen LogP contribution in [0.25, 0.3) is 0 Å². The van der Waals surface area contributed by atoms with Crippen LogP contribution in [0.3, 0.4) is 0 Å². The van der Waals surface area contributed by atoms with Crippen LogP contribution in [0.1, 0.15) is 59.2 Å². The fourth-order valence-corrected chi connectivity index (χ4v) is 4.92. The molecular formula is C27H32FN3O4. The summed E-state index contributed by atoms with van der Waals surface area (Å²) in [6.07, 6.45) is 5.00. The highest BCUT2D eigenvalue weighted by molar-refractivity contribution is 5.95. The lowest BCUT2D eigenvalue weighted by molar-refractivity contribution is -0.127. The molecule has 186 valence electrons. The van der Waals surface area contributed by atoms with Crippen LogP contribution in [0.15, 0.2) is 48.5 Å². The van der Waals surface area contributed by atoms with Crippen molar-refractivity contribution in [2.75, 3.05) is 20.2 Å². The monoisotopic (exact) mass is 481 g/mol. The molecule has 1 saturated carbocycles. The lowest BCUT2D eigenvalue weighted by Crippen LogP contribution is -2.55. The summed E-state index contributed by atoms with van der Waals surface area (Å²) in [5.74, 6) is -0.468. The number of nitrogens with zero attached hydrogens (tertiary/aromatic N) is 1. The molecule has 0 spiro atoms. The molecule has 8 heteroatoms. The summed E-state index contributed by atoms with van der Waals surface area (Å²) in [6.45, 7) is 0.904. The molecule has 3 amide bonds. The Kier molecular flexibility index (Phi) is 8.00. The number of carbonyl (C=O) groups excluding carboxylic acids is 3. The zero-order valence-corrected chi connectivity index (χ0v) is 20.0. The van der Waals surface area contributed by atoms with Crippen molar-refractivity contribution in [3.8, 4) is 5.75 Å². The van der Waals surface area contributed by atoms with Crippen LogP contribution in [0, 0.1) is 11.7 Å². The maximum atomic E-state index is 13.2. The van der Waals surface area contributed by atoms with Gasteiger partial charge in [0.1, 0.15) is 11.6 Å². The minimum Gasteiger partial charge on any atom is -0.497 e. The number of hydrogen-bond acceptors (Lipinski definition) is 4. The van der Waals surface area contributed by atoms with E-state index in [-0.39, 0.29) is 35.7 Å². The Bertz CT molecular complexity index is 1040. The Morgan fingerprint density at radius 2 is 1.49 bits per heavy atom. The van der Waals surface area contributed by atoms with Crippen LogP contribution in [-0.2, 0) is 4.79 Å². The molecule has 2 aliphatic rings. The minimum atomic E-state index is -0.390. The number of nitrogens with one attached hydrogen (secondary N) is 2. The largest absolute Gasteiger partial charge is 0.497 e. The van der Waals surface area contributed by atoms with Crippen molar-refractivity contribution in [2.24, 2.45) is 5.92 Å². The molecule has 3 atom stereocenters. The van der Waals surface area contributed by atoms with Crippen molar-refractivity contribution in [3.05, 3.63) is 65.5 Å². The van der Waals surface area contributed by atoms with Gasteiger partial charge in [0, 0.05) is 36.3 Å². The summed E-state index contributed by atoms with van der Waals surface area (Å²) in [7, 11) is 1.58. The van der Waals surface area contributed by atoms with Crippen LogP contribution in [-0.4, -0.2) is 54.9 Å². The fraction of sp³-hybridized carbons (Fsp3) is 0.444. The molecule has 1 heterocycles. The number of benzene rings is 2. The Morgan fingerprint density at radius 1 is 0.857 bits per heavy atom. The first-order valence-corrected chi connectivity index (χ1v) is 12.2. The summed E-state index contributed by atoms with van der Waals surface area (Å²) < 4.78 is 18.4. The summed E-state index contributed by atoms with van der Waals surface area (Å²) in [5, 5.41) is 6.25. The predicted molar refractivity (Wildman–Crippen MR) is 130 cm³/mol. The fourth-order valence-electron chi connectivity index (χ4n) is 4.92. The molecule has 1 aliphatic carbocycles. The molecule has 4 rings (SSSR count). The van der Waals surface area contributed by atoms with E-state index >= 15 is 0 Å². The number of likely N-dealkylation sites (tertiary alicyclic amines) is 1. The molecule has 2 aromatic carbocycles. The second kappa shape index (κ2) is 11.3. The van der Waals surface area contributed by atoms with Gasteiger partial charge in [0.25, 0.3) is 11.8 Å². The molecule has 7 nitrogen and oxygen atoms in total. The van der Waals surface area contributed by atoms with Crippen molar-refractivity contribution in [2.45, 2.75) is 50.6 Å². The second-order valence-electron chi connectivity index (χ2n) is 9.31. The van der Waals surface area contributed by atoms with Crippen molar-refractivity contribution in [1.82, 2.24) is 15.5 Å². The van der Waals surface area contributed by atoms with Crippen molar-refractivity contribution in [1.29, 1.82) is 0 Å². The smallest absolute Gasteiger partial charge is 0.253 e. The van der Waals surface area contributed by atoms with Gasteiger partial charge in [0.15, 0.2) is 0 Å². The normalized spacial score (nSPS) is 22.2. The Balaban J connectivity index is 1.35. The van der Waals surface area contributed by atoms with E-state index < -0.39 is 5.82 Å². The van der Waals surface area contributed by atoms with Gasteiger partial charge < -0.3 is 20.3 Å². The molecule has 35 heavy (non-hydrogen) atoms. The number of piperidine rings is 1. The summed E-state index contributed by atoms with van der Waals surface area (Å²) in [4.78, 5) is 40.5. The Hall–Kier alpha value is -3.42. The molecule has 2 N–H and O–H groups in total. The highest BCUT2D eigenvalue weighted by Gasteiger charge is 2.33. The first-order valence-electron chi connectivity index (χ1n) is 12.2. The van der Waals surface area contributed by atoms with Crippen LogP contribution in [0.5, 0.6) is 5.75 Å². The quantitative estimate of drug-likeness (QED) is 0.661. The third-order valence-electron chi connectivity index (χ3n) is 6.93. The van der Waals surface area contributed by atoms with Crippen molar-refractivity contribution < 1.29 is 23.5 Å². The van der Waals surface area contributed by atoms with Crippen LogP contribution in [0.4, 0.5) is 4.39 Å². The van der Waals surface area contributed by atoms with Gasteiger partial charge in [0.2, 0.25) is 5.91 Å². The molecule has 1 saturated heterocycles. The topological polar surface area (TPSA) is 87.7 Å². The van der Waals surface area contributed by atoms with E-state index in [1.54, 1.807) is 36.3 Å².